The number of nitrogen functional groups attached to an aromatic ring is 1. The lowest BCUT2D eigenvalue weighted by Gasteiger charge is -2.31. The van der Waals surface area contributed by atoms with Crippen LogP contribution in [0.5, 0.6) is 5.75 Å². The van der Waals surface area contributed by atoms with Gasteiger partial charge in [0, 0.05) is 48.6 Å². The number of ether oxygens (including phenoxy) is 1. The van der Waals surface area contributed by atoms with Gasteiger partial charge in [0.05, 0.1) is 18.9 Å². The summed E-state index contributed by atoms with van der Waals surface area (Å²) < 4.78 is 7.26. The maximum absolute atomic E-state index is 12.7. The Morgan fingerprint density at radius 3 is 2.61 bits per heavy atom. The number of pyridine rings is 1. The van der Waals surface area contributed by atoms with E-state index in [0.717, 1.165) is 49.5 Å². The number of para-hydroxylation sites is 1. The van der Waals surface area contributed by atoms with Crippen LogP contribution >= 0.6 is 0 Å². The highest BCUT2D eigenvalue weighted by molar-refractivity contribution is 5.98. The third-order valence-electron chi connectivity index (χ3n) is 6.56. The van der Waals surface area contributed by atoms with E-state index < -0.39 is 0 Å². The van der Waals surface area contributed by atoms with Crippen molar-refractivity contribution in [3.8, 4) is 5.75 Å². The molecule has 0 spiro atoms. The number of hydrogen-bond acceptors (Lipinski definition) is 6. The van der Waals surface area contributed by atoms with E-state index >= 15 is 0 Å². The number of nitrogens with two attached hydrogens (primary N) is 1. The number of nitrogens with zero attached hydrogens (tertiary/aromatic N) is 4. The van der Waals surface area contributed by atoms with Crippen LogP contribution in [0.4, 0.5) is 5.82 Å². The molecule has 1 aromatic carbocycles. The van der Waals surface area contributed by atoms with Crippen LogP contribution < -0.4 is 15.8 Å². The third-order valence-corrected chi connectivity index (χ3v) is 6.56. The highest BCUT2D eigenvalue weighted by Gasteiger charge is 2.23. The Kier molecular flexibility index (Phi) is 6.93. The van der Waals surface area contributed by atoms with Crippen LogP contribution in [0.2, 0.25) is 0 Å². The summed E-state index contributed by atoms with van der Waals surface area (Å²) in [6.45, 7) is 5.39. The molecule has 0 unspecified atom stereocenters. The second-order valence-corrected chi connectivity index (χ2v) is 8.59. The van der Waals surface area contributed by atoms with Gasteiger partial charge < -0.3 is 15.8 Å². The highest BCUT2D eigenvalue weighted by atomic mass is 16.5. The molecule has 2 aromatic heterocycles. The smallest absolute Gasteiger partial charge is 0.255 e. The van der Waals surface area contributed by atoms with E-state index in [1.807, 2.05) is 48.3 Å². The van der Waals surface area contributed by atoms with Crippen molar-refractivity contribution in [1.82, 2.24) is 25.0 Å². The Morgan fingerprint density at radius 1 is 1.18 bits per heavy atom. The zero-order chi connectivity index (χ0) is 23.4. The number of aryl methyl sites for hydroxylation is 1. The van der Waals surface area contributed by atoms with Gasteiger partial charge in [-0.25, -0.2) is 4.98 Å². The van der Waals surface area contributed by atoms with Gasteiger partial charge in [0.2, 0.25) is 0 Å². The maximum Gasteiger partial charge on any atom is 0.255 e. The fourth-order valence-corrected chi connectivity index (χ4v) is 4.36. The van der Waals surface area contributed by atoms with Crippen LogP contribution in [0.3, 0.4) is 0 Å². The second-order valence-electron chi connectivity index (χ2n) is 8.59. The monoisotopic (exact) mass is 448 g/mol. The number of hydrogen-bond donors (Lipinski definition) is 2. The normalized spacial score (nSPS) is 14.9. The lowest BCUT2D eigenvalue weighted by atomic mass is 9.92. The van der Waals surface area contributed by atoms with E-state index in [9.17, 15) is 4.79 Å². The Balaban J connectivity index is 1.34. The number of nitrogens with one attached hydrogen (secondary N) is 1. The standard InChI is InChI=1S/C25H32N6O2/c1-17-20(15-28-30(17)2)16-31-12-10-18(11-13-31)22-9-8-21(24(26)29-22)25(32)27-14-19-6-4-5-7-23(19)33-3/h4-9,15,18H,10-14,16H2,1-3H3,(H2,26,29)(H,27,32). The van der Waals surface area contributed by atoms with Crippen molar-refractivity contribution in [2.75, 3.05) is 25.9 Å². The summed E-state index contributed by atoms with van der Waals surface area (Å²) >= 11 is 0. The van der Waals surface area contributed by atoms with Crippen LogP contribution in [-0.4, -0.2) is 45.8 Å². The highest BCUT2D eigenvalue weighted by Crippen LogP contribution is 2.29. The van der Waals surface area contributed by atoms with Crippen LogP contribution in [-0.2, 0) is 20.1 Å². The molecule has 174 valence electrons. The first kappa shape index (κ1) is 22.8. The molecular weight excluding hydrogens is 416 g/mol. The number of anilines is 1. The molecule has 1 aliphatic heterocycles. The van der Waals surface area contributed by atoms with Gasteiger partial charge in [-0.05, 0) is 51.1 Å². The van der Waals surface area contributed by atoms with Crippen molar-refractivity contribution < 1.29 is 9.53 Å². The van der Waals surface area contributed by atoms with E-state index in [1.165, 1.54) is 11.3 Å². The number of methoxy groups -OCH3 is 1. The zero-order valence-electron chi connectivity index (χ0n) is 19.5. The molecule has 0 atom stereocenters. The molecule has 1 fully saturated rings. The summed E-state index contributed by atoms with van der Waals surface area (Å²) in [5.41, 5.74) is 11.0. The molecule has 3 heterocycles. The summed E-state index contributed by atoms with van der Waals surface area (Å²) in [7, 11) is 3.59. The first-order valence-corrected chi connectivity index (χ1v) is 11.3. The van der Waals surface area contributed by atoms with E-state index in [2.05, 4.69) is 27.2 Å². The molecular formula is C25H32N6O2. The molecule has 0 aliphatic carbocycles. The van der Waals surface area contributed by atoms with Gasteiger partial charge in [-0.1, -0.05) is 18.2 Å². The van der Waals surface area contributed by atoms with Crippen LogP contribution in [0.25, 0.3) is 0 Å². The van der Waals surface area contributed by atoms with Gasteiger partial charge in [0.1, 0.15) is 11.6 Å². The van der Waals surface area contributed by atoms with E-state index in [-0.39, 0.29) is 11.7 Å². The van der Waals surface area contributed by atoms with Gasteiger partial charge >= 0.3 is 0 Å². The molecule has 3 N–H and O–H groups in total. The van der Waals surface area contributed by atoms with Gasteiger partial charge in [-0.15, -0.1) is 0 Å². The van der Waals surface area contributed by atoms with Gasteiger partial charge in [-0.3, -0.25) is 14.4 Å². The van der Waals surface area contributed by atoms with Crippen LogP contribution in [0, 0.1) is 6.92 Å². The van der Waals surface area contributed by atoms with Crippen LogP contribution in [0.1, 0.15) is 51.6 Å². The molecule has 8 nitrogen and oxygen atoms in total. The SMILES string of the molecule is COc1ccccc1CNC(=O)c1ccc(C2CCN(Cc3cnn(C)c3C)CC2)nc1N. The number of likely N-dealkylation sites (tertiary alicyclic amines) is 1. The number of rotatable bonds is 7. The largest absolute Gasteiger partial charge is 0.496 e. The van der Waals surface area contributed by atoms with Crippen LogP contribution in [0.15, 0.2) is 42.6 Å². The van der Waals surface area contributed by atoms with Gasteiger partial charge in [0.25, 0.3) is 5.91 Å². The molecule has 0 radical (unpaired) electrons. The van der Waals surface area contributed by atoms with Crippen molar-refractivity contribution in [2.24, 2.45) is 7.05 Å². The van der Waals surface area contributed by atoms with Crippen molar-refractivity contribution in [3.63, 3.8) is 0 Å². The number of carbonyl (C=O) groups is 1. The molecule has 33 heavy (non-hydrogen) atoms. The quantitative estimate of drug-likeness (QED) is 0.577. The number of piperidine rings is 1. The van der Waals surface area contributed by atoms with E-state index in [0.29, 0.717) is 18.0 Å². The molecule has 1 saturated heterocycles. The Morgan fingerprint density at radius 2 is 1.94 bits per heavy atom. The number of aromatic nitrogens is 3. The van der Waals surface area contributed by atoms with Crippen molar-refractivity contribution in [3.05, 3.63) is 70.7 Å². The molecule has 8 heteroatoms. The number of benzene rings is 1. The summed E-state index contributed by atoms with van der Waals surface area (Å²) in [5, 5.41) is 7.26. The minimum Gasteiger partial charge on any atom is -0.496 e. The summed E-state index contributed by atoms with van der Waals surface area (Å²) in [6.07, 6.45) is 4.00. The van der Waals surface area contributed by atoms with Crippen molar-refractivity contribution in [1.29, 1.82) is 0 Å². The molecule has 1 aliphatic rings. The first-order chi connectivity index (χ1) is 16.0. The fraction of sp³-hybridized carbons (Fsp3) is 0.400. The predicted octanol–water partition coefficient (Wildman–Crippen LogP) is 3.02. The molecule has 4 rings (SSSR count). The van der Waals surface area contributed by atoms with Gasteiger partial charge in [-0.2, -0.15) is 5.10 Å². The molecule has 0 bridgehead atoms. The van der Waals surface area contributed by atoms with E-state index in [1.54, 1.807) is 13.2 Å². The molecule has 3 aromatic rings. The van der Waals surface area contributed by atoms with Crippen molar-refractivity contribution in [2.45, 2.75) is 38.8 Å². The average Bonchev–Trinajstić information content (AvgIpc) is 3.15. The minimum atomic E-state index is -0.237. The van der Waals surface area contributed by atoms with Gasteiger partial charge in [0.15, 0.2) is 0 Å². The summed E-state index contributed by atoms with van der Waals surface area (Å²) in [6, 6.07) is 11.3. The Labute approximate surface area is 194 Å². The second kappa shape index (κ2) is 10.0. The number of amides is 1. The fourth-order valence-electron chi connectivity index (χ4n) is 4.36. The lowest BCUT2D eigenvalue weighted by molar-refractivity contribution is 0.0951. The lowest BCUT2D eigenvalue weighted by Crippen LogP contribution is -2.33. The van der Waals surface area contributed by atoms with E-state index in [4.69, 9.17) is 10.5 Å². The third kappa shape index (κ3) is 5.17. The topological polar surface area (TPSA) is 98.3 Å². The number of carbonyl (C=O) groups excluding carboxylic acids is 1. The predicted molar refractivity (Wildman–Crippen MR) is 128 cm³/mol. The summed E-state index contributed by atoms with van der Waals surface area (Å²) in [5.74, 6) is 1.13. The Bertz CT molecular complexity index is 1120. The Hall–Kier alpha value is -3.39. The van der Waals surface area contributed by atoms with Crippen molar-refractivity contribution >= 4 is 11.7 Å². The molecule has 0 saturated carbocycles. The minimum absolute atomic E-state index is 0.237. The first-order valence-electron chi connectivity index (χ1n) is 11.3. The summed E-state index contributed by atoms with van der Waals surface area (Å²) in [4.78, 5) is 19.7. The zero-order valence-corrected chi connectivity index (χ0v) is 19.5. The average molecular weight is 449 g/mol. The molecule has 1 amide bonds. The maximum atomic E-state index is 12.7.